The van der Waals surface area contributed by atoms with Gasteiger partial charge < -0.3 is 4.90 Å². The molecule has 0 saturated carbocycles. The number of hydrogen-bond acceptors (Lipinski definition) is 5. The number of nitrogens with zero attached hydrogens (tertiary/aromatic N) is 3. The van der Waals surface area contributed by atoms with Crippen LogP contribution in [0.1, 0.15) is 37.6 Å². The van der Waals surface area contributed by atoms with Crippen LogP contribution in [-0.2, 0) is 11.3 Å². The average Bonchev–Trinajstić information content (AvgIpc) is 3.21. The predicted octanol–water partition coefficient (Wildman–Crippen LogP) is 3.15. The number of carbonyl (C=O) groups is 3. The van der Waals surface area contributed by atoms with Gasteiger partial charge in [-0.2, -0.15) is 0 Å². The van der Waals surface area contributed by atoms with E-state index in [2.05, 4.69) is 33.0 Å². The van der Waals surface area contributed by atoms with Crippen LogP contribution in [0.4, 0.5) is 0 Å². The van der Waals surface area contributed by atoms with Crippen LogP contribution in [0.3, 0.4) is 0 Å². The maximum Gasteiger partial charge on any atom is 0.261 e. The van der Waals surface area contributed by atoms with E-state index in [1.54, 1.807) is 23.5 Å². The van der Waals surface area contributed by atoms with Gasteiger partial charge in [0.05, 0.1) is 14.9 Å². The quantitative estimate of drug-likeness (QED) is 0.623. The van der Waals surface area contributed by atoms with E-state index in [0.29, 0.717) is 24.2 Å². The molecule has 1 fully saturated rings. The van der Waals surface area contributed by atoms with Crippen LogP contribution in [0, 0.1) is 6.92 Å². The van der Waals surface area contributed by atoms with E-state index in [1.165, 1.54) is 9.78 Å². The first-order valence-corrected chi connectivity index (χ1v) is 11.2. The van der Waals surface area contributed by atoms with E-state index in [4.69, 9.17) is 0 Å². The lowest BCUT2D eigenvalue weighted by atomic mass is 10.1. The zero-order chi connectivity index (χ0) is 20.5. The molecule has 1 aromatic carbocycles. The fourth-order valence-electron chi connectivity index (χ4n) is 3.79. The lowest BCUT2D eigenvalue weighted by Crippen LogP contribution is -2.48. The smallest absolute Gasteiger partial charge is 0.261 e. The molecule has 1 saturated heterocycles. The Bertz CT molecular complexity index is 966. The van der Waals surface area contributed by atoms with Crippen LogP contribution in [0.15, 0.2) is 34.1 Å². The van der Waals surface area contributed by atoms with Crippen molar-refractivity contribution in [1.82, 2.24) is 14.7 Å². The Balaban J connectivity index is 1.27. The first-order valence-electron chi connectivity index (χ1n) is 9.63. The number of benzene rings is 1. The lowest BCUT2D eigenvalue weighted by Gasteiger charge is -2.34. The van der Waals surface area contributed by atoms with E-state index in [9.17, 15) is 14.4 Å². The fraction of sp³-hybridized carbons (Fsp3) is 0.381. The van der Waals surface area contributed by atoms with Gasteiger partial charge in [0, 0.05) is 50.6 Å². The third-order valence-corrected chi connectivity index (χ3v) is 7.02. The van der Waals surface area contributed by atoms with E-state index in [1.807, 2.05) is 17.9 Å². The SMILES string of the molecule is Cc1ccc2c(c1)C(=O)N(CCC(=O)N1CCN(Cc3ccc(Br)s3)CC1)C2=O. The van der Waals surface area contributed by atoms with Crippen LogP contribution in [0.5, 0.6) is 0 Å². The van der Waals surface area contributed by atoms with Gasteiger partial charge in [0.1, 0.15) is 0 Å². The van der Waals surface area contributed by atoms with Gasteiger partial charge in [-0.1, -0.05) is 11.6 Å². The zero-order valence-corrected chi connectivity index (χ0v) is 18.6. The van der Waals surface area contributed by atoms with Crippen molar-refractivity contribution in [2.45, 2.75) is 19.9 Å². The summed E-state index contributed by atoms with van der Waals surface area (Å²) in [5, 5.41) is 0. The Morgan fingerprint density at radius 3 is 2.45 bits per heavy atom. The predicted molar refractivity (Wildman–Crippen MR) is 115 cm³/mol. The molecule has 3 amide bonds. The number of aryl methyl sites for hydroxylation is 1. The van der Waals surface area contributed by atoms with Crippen molar-refractivity contribution in [2.75, 3.05) is 32.7 Å². The van der Waals surface area contributed by atoms with E-state index in [-0.39, 0.29) is 30.7 Å². The first kappa shape index (κ1) is 20.3. The molecular weight excluding hydrogens is 454 g/mol. The molecule has 4 rings (SSSR count). The highest BCUT2D eigenvalue weighted by atomic mass is 79.9. The summed E-state index contributed by atoms with van der Waals surface area (Å²) in [5.41, 5.74) is 1.81. The van der Waals surface area contributed by atoms with Gasteiger partial charge in [0.25, 0.3) is 11.8 Å². The van der Waals surface area contributed by atoms with Crippen molar-refractivity contribution in [1.29, 1.82) is 0 Å². The number of fused-ring (bicyclic) bond motifs is 1. The molecule has 2 aromatic rings. The standard InChI is InChI=1S/C21H22BrN3O3S/c1-14-2-4-16-17(12-14)21(28)25(20(16)27)7-6-19(26)24-10-8-23(9-11-24)13-15-3-5-18(22)29-15/h2-5,12H,6-11,13H2,1H3. The minimum absolute atomic E-state index is 0.00347. The van der Waals surface area contributed by atoms with Crippen molar-refractivity contribution in [3.8, 4) is 0 Å². The summed E-state index contributed by atoms with van der Waals surface area (Å²) in [5.74, 6) is -0.602. The molecule has 152 valence electrons. The molecule has 2 aliphatic rings. The molecule has 0 bridgehead atoms. The lowest BCUT2D eigenvalue weighted by molar-refractivity contribution is -0.133. The van der Waals surface area contributed by atoms with Gasteiger partial charge in [0.15, 0.2) is 0 Å². The van der Waals surface area contributed by atoms with Crippen LogP contribution >= 0.6 is 27.3 Å². The van der Waals surface area contributed by atoms with Crippen molar-refractivity contribution in [3.05, 3.63) is 55.7 Å². The zero-order valence-electron chi connectivity index (χ0n) is 16.2. The number of halogens is 1. The maximum absolute atomic E-state index is 12.6. The highest BCUT2D eigenvalue weighted by Crippen LogP contribution is 2.25. The second-order valence-electron chi connectivity index (χ2n) is 7.42. The number of hydrogen-bond donors (Lipinski definition) is 0. The third kappa shape index (κ3) is 4.29. The molecule has 6 nitrogen and oxygen atoms in total. The summed E-state index contributed by atoms with van der Waals surface area (Å²) >= 11 is 5.22. The topological polar surface area (TPSA) is 60.9 Å². The van der Waals surface area contributed by atoms with Crippen LogP contribution < -0.4 is 0 Å². The number of thiophene rings is 1. The Morgan fingerprint density at radius 2 is 1.76 bits per heavy atom. The normalized spacial score (nSPS) is 17.2. The second-order valence-corrected chi connectivity index (χ2v) is 9.97. The Labute approximate surface area is 182 Å². The molecule has 1 aromatic heterocycles. The highest BCUT2D eigenvalue weighted by molar-refractivity contribution is 9.11. The molecule has 8 heteroatoms. The monoisotopic (exact) mass is 475 g/mol. The van der Waals surface area contributed by atoms with Gasteiger partial charge in [-0.05, 0) is 47.1 Å². The number of rotatable bonds is 5. The summed E-state index contributed by atoms with van der Waals surface area (Å²) in [7, 11) is 0. The fourth-order valence-corrected chi connectivity index (χ4v) is 5.31. The molecule has 3 heterocycles. The Morgan fingerprint density at radius 1 is 1.03 bits per heavy atom. The third-order valence-electron chi connectivity index (χ3n) is 5.41. The molecular formula is C21H22BrN3O3S. The van der Waals surface area contributed by atoms with E-state index < -0.39 is 0 Å². The van der Waals surface area contributed by atoms with Gasteiger partial charge in [-0.15, -0.1) is 11.3 Å². The van der Waals surface area contributed by atoms with Gasteiger partial charge in [-0.3, -0.25) is 24.2 Å². The minimum atomic E-state index is -0.301. The molecule has 0 atom stereocenters. The molecule has 0 aliphatic carbocycles. The van der Waals surface area contributed by atoms with Crippen LogP contribution in [-0.4, -0.2) is 65.1 Å². The minimum Gasteiger partial charge on any atom is -0.340 e. The summed E-state index contributed by atoms with van der Waals surface area (Å²) in [6.07, 6.45) is 0.169. The average molecular weight is 476 g/mol. The van der Waals surface area contributed by atoms with Crippen LogP contribution in [0.2, 0.25) is 0 Å². The Kier molecular flexibility index (Phi) is 5.85. The summed E-state index contributed by atoms with van der Waals surface area (Å²) < 4.78 is 1.13. The van der Waals surface area contributed by atoms with Crippen LogP contribution in [0.25, 0.3) is 0 Å². The van der Waals surface area contributed by atoms with Crippen molar-refractivity contribution in [2.24, 2.45) is 0 Å². The second kappa shape index (κ2) is 8.38. The van der Waals surface area contributed by atoms with Crippen molar-refractivity contribution >= 4 is 45.0 Å². The molecule has 0 unspecified atom stereocenters. The van der Waals surface area contributed by atoms with E-state index >= 15 is 0 Å². The number of amides is 3. The summed E-state index contributed by atoms with van der Waals surface area (Å²) in [6, 6.07) is 9.43. The molecule has 0 N–H and O–H groups in total. The molecule has 0 radical (unpaired) electrons. The molecule has 29 heavy (non-hydrogen) atoms. The van der Waals surface area contributed by atoms with Gasteiger partial charge in [-0.25, -0.2) is 0 Å². The molecule has 2 aliphatic heterocycles. The number of carbonyl (C=O) groups excluding carboxylic acids is 3. The van der Waals surface area contributed by atoms with E-state index in [0.717, 1.165) is 29.0 Å². The van der Waals surface area contributed by atoms with Gasteiger partial charge >= 0.3 is 0 Å². The first-order chi connectivity index (χ1) is 13.9. The Hall–Kier alpha value is -2.03. The number of imide groups is 1. The van der Waals surface area contributed by atoms with Crippen molar-refractivity contribution < 1.29 is 14.4 Å². The van der Waals surface area contributed by atoms with Gasteiger partial charge in [0.2, 0.25) is 5.91 Å². The highest BCUT2D eigenvalue weighted by Gasteiger charge is 2.35. The summed E-state index contributed by atoms with van der Waals surface area (Å²) in [6.45, 7) is 5.92. The largest absolute Gasteiger partial charge is 0.340 e. The molecule has 0 spiro atoms. The number of piperazine rings is 1. The summed E-state index contributed by atoms with van der Waals surface area (Å²) in [4.78, 5) is 44.3. The van der Waals surface area contributed by atoms with Crippen molar-refractivity contribution in [3.63, 3.8) is 0 Å². The maximum atomic E-state index is 12.6.